The van der Waals surface area contributed by atoms with E-state index in [0.717, 1.165) is 16.7 Å². The van der Waals surface area contributed by atoms with Crippen LogP contribution in [0.5, 0.6) is 0 Å². The maximum absolute atomic E-state index is 6.05. The molecule has 0 saturated carbocycles. The van der Waals surface area contributed by atoms with Gasteiger partial charge in [0.2, 0.25) is 0 Å². The molecular weight excluding hydrogens is 362 g/mol. The van der Waals surface area contributed by atoms with Crippen LogP contribution in [0.25, 0.3) is 0 Å². The van der Waals surface area contributed by atoms with Crippen LogP contribution < -0.4 is 0 Å². The van der Waals surface area contributed by atoms with Crippen LogP contribution in [0.4, 0.5) is 0 Å². The molecule has 110 valence electrons. The van der Waals surface area contributed by atoms with E-state index in [4.69, 9.17) is 34.8 Å². The molecule has 3 aromatic rings. The van der Waals surface area contributed by atoms with Crippen LogP contribution >= 0.6 is 34.8 Å². The van der Waals surface area contributed by atoms with Crippen LogP contribution in [-0.4, -0.2) is 16.3 Å². The molecule has 0 aliphatic heterocycles. The molecule has 0 saturated heterocycles. The summed E-state index contributed by atoms with van der Waals surface area (Å²) in [5.74, 6) is 0. The Kier molecular flexibility index (Phi) is 5.07. The van der Waals surface area contributed by atoms with E-state index >= 15 is 0 Å². The third-order valence-electron chi connectivity index (χ3n) is 3.90. The van der Waals surface area contributed by atoms with Crippen molar-refractivity contribution in [3.63, 3.8) is 0 Å². The summed E-state index contributed by atoms with van der Waals surface area (Å²) in [5, 5.41) is 2.15. The molecule has 0 bridgehead atoms. The number of halogens is 3. The molecule has 0 amide bonds. The first kappa shape index (κ1) is 16.9. The minimum atomic E-state index is -0.403. The molecule has 0 unspecified atom stereocenters. The summed E-state index contributed by atoms with van der Waals surface area (Å²) in [5.41, 5.74) is 3.37. The Balaban J connectivity index is 2.21. The fourth-order valence-electron chi connectivity index (χ4n) is 2.64. The van der Waals surface area contributed by atoms with Gasteiger partial charge in [0.1, 0.15) is 0 Å². The molecule has 3 rings (SSSR count). The predicted octanol–water partition coefficient (Wildman–Crippen LogP) is 6.11. The number of rotatable bonds is 3. The molecular formula is C19H12AlCl3+2. The molecule has 0 heterocycles. The fourth-order valence-corrected chi connectivity index (χ4v) is 3.59. The molecule has 0 aromatic heterocycles. The maximum atomic E-state index is 6.05. The standard InChI is InChI=1S/C19H12Cl3.Al/c20-16-7-1-13(2-8-16)19(14-3-9-17(21)10-4-14)15-5-11-18(22)12-6-15;/h1-12H;/q;+2. The zero-order chi connectivity index (χ0) is 16.4. The molecule has 23 heavy (non-hydrogen) atoms. The second kappa shape index (κ2) is 6.90. The number of benzene rings is 3. The Morgan fingerprint density at radius 1 is 0.478 bits per heavy atom. The van der Waals surface area contributed by atoms with Crippen molar-refractivity contribution in [3.8, 4) is 0 Å². The molecule has 0 spiro atoms. The Morgan fingerprint density at radius 2 is 0.696 bits per heavy atom. The second-order valence-electron chi connectivity index (χ2n) is 5.33. The summed E-state index contributed by atoms with van der Waals surface area (Å²) in [6, 6.07) is 23.7. The van der Waals surface area contributed by atoms with Crippen LogP contribution in [0.15, 0.2) is 72.8 Å². The second-order valence-corrected chi connectivity index (χ2v) is 7.50. The van der Waals surface area contributed by atoms with Crippen molar-refractivity contribution >= 4 is 51.1 Å². The van der Waals surface area contributed by atoms with Gasteiger partial charge in [-0.3, -0.25) is 0 Å². The SMILES string of the molecule is [Al+2][C](c1ccc(Cl)cc1)(c1ccc(Cl)cc1)c1ccc(Cl)cc1. The number of hydrogen-bond donors (Lipinski definition) is 0. The van der Waals surface area contributed by atoms with E-state index in [-0.39, 0.29) is 0 Å². The molecule has 0 aliphatic carbocycles. The van der Waals surface area contributed by atoms with Gasteiger partial charge in [0, 0.05) is 0 Å². The van der Waals surface area contributed by atoms with Crippen LogP contribution in [-0.2, 0) is 4.28 Å². The van der Waals surface area contributed by atoms with Gasteiger partial charge in [0.25, 0.3) is 0 Å². The topological polar surface area (TPSA) is 0 Å². The van der Waals surface area contributed by atoms with E-state index in [1.165, 1.54) is 0 Å². The van der Waals surface area contributed by atoms with Crippen molar-refractivity contribution in [2.75, 3.05) is 0 Å². The molecule has 0 nitrogen and oxygen atoms in total. The Hall–Kier alpha value is -0.938. The van der Waals surface area contributed by atoms with E-state index in [1.54, 1.807) is 0 Å². The van der Waals surface area contributed by atoms with E-state index < -0.39 is 4.28 Å². The summed E-state index contributed by atoms with van der Waals surface area (Å²) in [6.45, 7) is 0. The molecule has 0 atom stereocenters. The van der Waals surface area contributed by atoms with Gasteiger partial charge in [-0.05, 0) is 0 Å². The Bertz CT molecular complexity index is 683. The first-order chi connectivity index (χ1) is 11.0. The minimum absolute atomic E-state index is 0.403. The van der Waals surface area contributed by atoms with E-state index in [2.05, 4.69) is 16.3 Å². The van der Waals surface area contributed by atoms with Gasteiger partial charge >= 0.3 is 160 Å². The van der Waals surface area contributed by atoms with Crippen molar-refractivity contribution in [3.05, 3.63) is 105 Å². The molecule has 0 N–H and O–H groups in total. The van der Waals surface area contributed by atoms with Crippen molar-refractivity contribution in [1.82, 2.24) is 0 Å². The Morgan fingerprint density at radius 3 is 0.913 bits per heavy atom. The van der Waals surface area contributed by atoms with E-state index in [9.17, 15) is 0 Å². The van der Waals surface area contributed by atoms with Gasteiger partial charge in [0.05, 0.1) is 0 Å². The first-order valence-electron chi connectivity index (χ1n) is 7.07. The zero-order valence-electron chi connectivity index (χ0n) is 12.1. The van der Waals surface area contributed by atoms with Crippen LogP contribution in [0.1, 0.15) is 16.7 Å². The average molecular weight is 374 g/mol. The van der Waals surface area contributed by atoms with Crippen molar-refractivity contribution in [2.24, 2.45) is 0 Å². The van der Waals surface area contributed by atoms with Gasteiger partial charge in [-0.1, -0.05) is 0 Å². The van der Waals surface area contributed by atoms with E-state index in [0.29, 0.717) is 15.1 Å². The van der Waals surface area contributed by atoms with Crippen LogP contribution in [0, 0.1) is 0 Å². The van der Waals surface area contributed by atoms with Crippen molar-refractivity contribution in [1.29, 1.82) is 0 Å². The molecule has 0 fully saturated rings. The third kappa shape index (κ3) is 3.46. The summed E-state index contributed by atoms with van der Waals surface area (Å²) in [6.07, 6.45) is 0. The van der Waals surface area contributed by atoms with Crippen LogP contribution in [0.2, 0.25) is 15.1 Å². The summed E-state index contributed by atoms with van der Waals surface area (Å²) in [7, 11) is 0. The fraction of sp³-hybridized carbons (Fsp3) is 0.0526. The van der Waals surface area contributed by atoms with Gasteiger partial charge in [-0.2, -0.15) is 0 Å². The number of hydrogen-bond acceptors (Lipinski definition) is 0. The predicted molar refractivity (Wildman–Crippen MR) is 100.0 cm³/mol. The molecule has 0 radical (unpaired) electrons. The summed E-state index contributed by atoms with van der Waals surface area (Å²) >= 11 is 21.1. The monoisotopic (exact) mass is 372 g/mol. The Labute approximate surface area is 159 Å². The molecule has 0 aliphatic rings. The third-order valence-corrected chi connectivity index (χ3v) is 5.65. The normalized spacial score (nSPS) is 11.5. The average Bonchev–Trinajstić information content (AvgIpc) is 2.56. The van der Waals surface area contributed by atoms with Gasteiger partial charge in [0.15, 0.2) is 0 Å². The van der Waals surface area contributed by atoms with E-state index in [1.807, 2.05) is 72.8 Å². The zero-order valence-corrected chi connectivity index (χ0v) is 15.6. The van der Waals surface area contributed by atoms with Gasteiger partial charge < -0.3 is 0 Å². The van der Waals surface area contributed by atoms with Crippen LogP contribution in [0.3, 0.4) is 0 Å². The summed E-state index contributed by atoms with van der Waals surface area (Å²) in [4.78, 5) is 0. The first-order valence-corrected chi connectivity index (χ1v) is 8.78. The molecule has 4 heteroatoms. The van der Waals surface area contributed by atoms with Gasteiger partial charge in [-0.25, -0.2) is 0 Å². The summed E-state index contributed by atoms with van der Waals surface area (Å²) < 4.78 is -0.403. The van der Waals surface area contributed by atoms with Gasteiger partial charge in [-0.15, -0.1) is 0 Å². The van der Waals surface area contributed by atoms with Crippen molar-refractivity contribution < 1.29 is 0 Å². The molecule has 3 aromatic carbocycles. The van der Waals surface area contributed by atoms with Crippen molar-refractivity contribution in [2.45, 2.75) is 4.28 Å². The quantitative estimate of drug-likeness (QED) is 0.384.